The van der Waals surface area contributed by atoms with E-state index in [0.717, 1.165) is 31.5 Å². The Morgan fingerprint density at radius 3 is 2.70 bits per heavy atom. The predicted molar refractivity (Wildman–Crippen MR) is 81.5 cm³/mol. The lowest BCUT2D eigenvalue weighted by Gasteiger charge is -2.37. The van der Waals surface area contributed by atoms with Crippen molar-refractivity contribution in [3.05, 3.63) is 35.9 Å². The smallest absolute Gasteiger partial charge is 0.231 e. The lowest BCUT2D eigenvalue weighted by molar-refractivity contribution is -0.134. The van der Waals surface area contributed by atoms with Crippen molar-refractivity contribution in [2.24, 2.45) is 5.73 Å². The van der Waals surface area contributed by atoms with Crippen LogP contribution in [0.15, 0.2) is 30.3 Å². The zero-order chi connectivity index (χ0) is 14.5. The first-order valence-electron chi connectivity index (χ1n) is 7.33. The van der Waals surface area contributed by atoms with E-state index in [1.165, 1.54) is 0 Å². The van der Waals surface area contributed by atoms with Gasteiger partial charge in [0.05, 0.1) is 5.92 Å². The summed E-state index contributed by atoms with van der Waals surface area (Å²) in [4.78, 5) is 16.9. The number of likely N-dealkylation sites (N-methyl/N-ethyl adjacent to an activating group) is 1. The second kappa shape index (κ2) is 6.86. The minimum absolute atomic E-state index is 0.172. The molecule has 1 heterocycles. The molecule has 1 aromatic carbocycles. The number of amides is 1. The molecule has 0 aliphatic carbocycles. The number of nitrogens with two attached hydrogens (primary N) is 1. The molecular weight excluding hydrogens is 250 g/mol. The fourth-order valence-corrected chi connectivity index (χ4v) is 2.86. The highest BCUT2D eigenvalue weighted by Gasteiger charge is 2.29. The lowest BCUT2D eigenvalue weighted by Crippen LogP contribution is -2.49. The van der Waals surface area contributed by atoms with E-state index in [2.05, 4.69) is 19.0 Å². The van der Waals surface area contributed by atoms with Crippen LogP contribution in [0, 0.1) is 0 Å². The Balaban J connectivity index is 2.09. The molecule has 4 heteroatoms. The molecule has 1 fully saturated rings. The molecule has 0 saturated carbocycles. The van der Waals surface area contributed by atoms with Crippen molar-refractivity contribution in [2.75, 3.05) is 33.7 Å². The van der Waals surface area contributed by atoms with Crippen LogP contribution in [0.4, 0.5) is 0 Å². The summed E-state index contributed by atoms with van der Waals surface area (Å²) >= 11 is 0. The van der Waals surface area contributed by atoms with Gasteiger partial charge in [0.25, 0.3) is 0 Å². The monoisotopic (exact) mass is 275 g/mol. The fourth-order valence-electron chi connectivity index (χ4n) is 2.86. The summed E-state index contributed by atoms with van der Waals surface area (Å²) in [6.45, 7) is 2.04. The fraction of sp³-hybridized carbons (Fsp3) is 0.562. The SMILES string of the molecule is CN(C)[C@H]1CCCN(C(=O)[C@@H](CN)c2ccccc2)C1. The molecule has 20 heavy (non-hydrogen) atoms. The van der Waals surface area contributed by atoms with E-state index in [0.29, 0.717) is 12.6 Å². The summed E-state index contributed by atoms with van der Waals surface area (Å²) < 4.78 is 0. The van der Waals surface area contributed by atoms with Crippen LogP contribution < -0.4 is 5.73 Å². The van der Waals surface area contributed by atoms with E-state index in [4.69, 9.17) is 5.73 Å². The molecule has 1 aliphatic rings. The van der Waals surface area contributed by atoms with Gasteiger partial charge >= 0.3 is 0 Å². The maximum Gasteiger partial charge on any atom is 0.231 e. The van der Waals surface area contributed by atoms with Gasteiger partial charge in [-0.1, -0.05) is 30.3 Å². The molecule has 1 amide bonds. The van der Waals surface area contributed by atoms with E-state index >= 15 is 0 Å². The topological polar surface area (TPSA) is 49.6 Å². The van der Waals surface area contributed by atoms with Gasteiger partial charge in [-0.05, 0) is 32.5 Å². The van der Waals surface area contributed by atoms with Gasteiger partial charge in [-0.3, -0.25) is 4.79 Å². The molecule has 0 bridgehead atoms. The summed E-state index contributed by atoms with van der Waals surface area (Å²) in [5.41, 5.74) is 6.87. The maximum atomic E-state index is 12.7. The molecule has 110 valence electrons. The lowest BCUT2D eigenvalue weighted by atomic mass is 9.95. The van der Waals surface area contributed by atoms with Crippen molar-refractivity contribution < 1.29 is 4.79 Å². The van der Waals surface area contributed by atoms with E-state index < -0.39 is 0 Å². The van der Waals surface area contributed by atoms with E-state index in [-0.39, 0.29) is 11.8 Å². The van der Waals surface area contributed by atoms with Crippen LogP contribution >= 0.6 is 0 Å². The quantitative estimate of drug-likeness (QED) is 0.900. The van der Waals surface area contributed by atoms with Gasteiger partial charge < -0.3 is 15.5 Å². The number of piperidine rings is 1. The Hall–Kier alpha value is -1.39. The van der Waals surface area contributed by atoms with Crippen LogP contribution in [0.25, 0.3) is 0 Å². The van der Waals surface area contributed by atoms with Crippen LogP contribution in [0.5, 0.6) is 0 Å². The van der Waals surface area contributed by atoms with E-state index in [1.807, 2.05) is 35.2 Å². The first-order chi connectivity index (χ1) is 9.63. The summed E-state index contributed by atoms with van der Waals surface area (Å²) in [6, 6.07) is 10.3. The Morgan fingerprint density at radius 1 is 1.40 bits per heavy atom. The molecule has 0 aromatic heterocycles. The third-order valence-corrected chi connectivity index (χ3v) is 4.17. The second-order valence-corrected chi connectivity index (χ2v) is 5.74. The second-order valence-electron chi connectivity index (χ2n) is 5.74. The Bertz CT molecular complexity index is 433. The Morgan fingerprint density at radius 2 is 2.10 bits per heavy atom. The number of hydrogen-bond acceptors (Lipinski definition) is 3. The van der Waals surface area contributed by atoms with Crippen molar-refractivity contribution >= 4 is 5.91 Å². The number of carbonyl (C=O) groups is 1. The zero-order valence-electron chi connectivity index (χ0n) is 12.5. The van der Waals surface area contributed by atoms with Crippen molar-refractivity contribution in [3.8, 4) is 0 Å². The van der Waals surface area contributed by atoms with Crippen molar-refractivity contribution in [3.63, 3.8) is 0 Å². The Kier molecular flexibility index (Phi) is 5.15. The minimum atomic E-state index is -0.211. The van der Waals surface area contributed by atoms with E-state index in [1.54, 1.807) is 0 Å². The standard InChI is InChI=1S/C16H25N3O/c1-18(2)14-9-6-10-19(12-14)16(20)15(11-17)13-7-4-3-5-8-13/h3-5,7-8,14-15H,6,9-12,17H2,1-2H3/t14-,15-/m0/s1. The number of likely N-dealkylation sites (tertiary alicyclic amines) is 1. The highest BCUT2D eigenvalue weighted by Crippen LogP contribution is 2.21. The summed E-state index contributed by atoms with van der Waals surface area (Å²) in [6.07, 6.45) is 2.23. The average Bonchev–Trinajstić information content (AvgIpc) is 2.49. The normalized spacial score (nSPS) is 21.0. The molecule has 2 N–H and O–H groups in total. The van der Waals surface area contributed by atoms with Gasteiger partial charge in [-0.25, -0.2) is 0 Å². The third kappa shape index (κ3) is 3.38. The van der Waals surface area contributed by atoms with Gasteiger partial charge in [0.1, 0.15) is 0 Å². The summed E-state index contributed by atoms with van der Waals surface area (Å²) in [7, 11) is 4.16. The van der Waals surface area contributed by atoms with Gasteiger partial charge in [-0.15, -0.1) is 0 Å². The first-order valence-corrected chi connectivity index (χ1v) is 7.33. The minimum Gasteiger partial charge on any atom is -0.341 e. The highest BCUT2D eigenvalue weighted by molar-refractivity contribution is 5.84. The van der Waals surface area contributed by atoms with Crippen molar-refractivity contribution in [1.29, 1.82) is 0 Å². The molecule has 0 radical (unpaired) electrons. The summed E-state index contributed by atoms with van der Waals surface area (Å²) in [5, 5.41) is 0. The van der Waals surface area contributed by atoms with Gasteiger partial charge in [0.15, 0.2) is 0 Å². The Labute approximate surface area is 121 Å². The van der Waals surface area contributed by atoms with Gasteiger partial charge in [-0.2, -0.15) is 0 Å². The average molecular weight is 275 g/mol. The van der Waals surface area contributed by atoms with Gasteiger partial charge in [0, 0.05) is 25.7 Å². The molecule has 0 unspecified atom stereocenters. The molecule has 2 rings (SSSR count). The number of rotatable bonds is 4. The third-order valence-electron chi connectivity index (χ3n) is 4.17. The maximum absolute atomic E-state index is 12.7. The summed E-state index contributed by atoms with van der Waals surface area (Å²) in [5.74, 6) is -0.0395. The molecule has 1 saturated heterocycles. The van der Waals surface area contributed by atoms with E-state index in [9.17, 15) is 4.79 Å². The van der Waals surface area contributed by atoms with Crippen LogP contribution in [0.1, 0.15) is 24.3 Å². The van der Waals surface area contributed by atoms with Gasteiger partial charge in [0.2, 0.25) is 5.91 Å². The van der Waals surface area contributed by atoms with Crippen LogP contribution in [0.3, 0.4) is 0 Å². The largest absolute Gasteiger partial charge is 0.341 e. The molecule has 4 nitrogen and oxygen atoms in total. The van der Waals surface area contributed by atoms with Crippen LogP contribution in [0.2, 0.25) is 0 Å². The molecule has 1 aromatic rings. The number of carbonyl (C=O) groups excluding carboxylic acids is 1. The molecule has 0 spiro atoms. The highest BCUT2D eigenvalue weighted by atomic mass is 16.2. The zero-order valence-corrected chi connectivity index (χ0v) is 12.5. The van der Waals surface area contributed by atoms with Crippen molar-refractivity contribution in [2.45, 2.75) is 24.8 Å². The van der Waals surface area contributed by atoms with Crippen LogP contribution in [-0.4, -0.2) is 55.5 Å². The molecule has 1 aliphatic heterocycles. The predicted octanol–water partition coefficient (Wildman–Crippen LogP) is 1.28. The van der Waals surface area contributed by atoms with Crippen LogP contribution in [-0.2, 0) is 4.79 Å². The molecule has 2 atom stereocenters. The number of nitrogens with zero attached hydrogens (tertiary/aromatic N) is 2. The van der Waals surface area contributed by atoms with Crippen molar-refractivity contribution in [1.82, 2.24) is 9.80 Å². The number of hydrogen-bond donors (Lipinski definition) is 1. The molecular formula is C16H25N3O. The number of benzene rings is 1. The first kappa shape index (κ1) is 15.0.